The quantitative estimate of drug-likeness (QED) is 0.589. The van der Waals surface area contributed by atoms with E-state index >= 15 is 0 Å². The lowest BCUT2D eigenvalue weighted by Gasteiger charge is -2.21. The van der Waals surface area contributed by atoms with E-state index in [1.807, 2.05) is 6.07 Å². The molecular weight excluding hydrogens is 220 g/mol. The summed E-state index contributed by atoms with van der Waals surface area (Å²) in [5, 5.41) is 0. The first-order valence-corrected chi connectivity index (χ1v) is 5.45. The Bertz CT molecular complexity index is 465. The molecule has 0 radical (unpaired) electrons. The molecule has 0 fully saturated rings. The maximum Gasteiger partial charge on any atom is 0.173 e. The minimum atomic E-state index is -0.513. The number of benzene rings is 1. The Hall–Kier alpha value is -1.84. The van der Waals surface area contributed by atoms with E-state index in [2.05, 4.69) is 0 Å². The number of carbonyl (C=O) groups is 2. The first kappa shape index (κ1) is 11.6. The van der Waals surface area contributed by atoms with Crippen molar-refractivity contribution in [2.24, 2.45) is 5.92 Å². The third-order valence-corrected chi connectivity index (χ3v) is 3.10. The summed E-state index contributed by atoms with van der Waals surface area (Å²) in [5.74, 6) is 0.498. The van der Waals surface area contributed by atoms with Crippen molar-refractivity contribution in [1.82, 2.24) is 0 Å². The summed E-state index contributed by atoms with van der Waals surface area (Å²) in [7, 11) is 3.08. The van der Waals surface area contributed by atoms with Gasteiger partial charge in [0.05, 0.1) is 20.1 Å². The molecule has 0 amide bonds. The lowest BCUT2D eigenvalue weighted by molar-refractivity contribution is -0.110. The Morgan fingerprint density at radius 1 is 1.24 bits per heavy atom. The molecule has 1 unspecified atom stereocenters. The fraction of sp³-hybridized carbons (Fsp3) is 0.385. The summed E-state index contributed by atoms with van der Waals surface area (Å²) >= 11 is 0. The van der Waals surface area contributed by atoms with Gasteiger partial charge >= 0.3 is 0 Å². The smallest absolute Gasteiger partial charge is 0.173 e. The third kappa shape index (κ3) is 1.90. The molecule has 2 rings (SSSR count). The normalized spacial score (nSPS) is 18.5. The minimum Gasteiger partial charge on any atom is -0.493 e. The highest BCUT2D eigenvalue weighted by Gasteiger charge is 2.28. The first-order valence-electron chi connectivity index (χ1n) is 5.45. The van der Waals surface area contributed by atoms with Crippen LogP contribution in [-0.4, -0.2) is 26.3 Å². The van der Waals surface area contributed by atoms with Gasteiger partial charge in [-0.1, -0.05) is 0 Å². The molecule has 0 aromatic heterocycles. The molecule has 0 aliphatic heterocycles. The van der Waals surface area contributed by atoms with Crippen LogP contribution in [0.4, 0.5) is 0 Å². The Kier molecular flexibility index (Phi) is 3.13. The summed E-state index contributed by atoms with van der Waals surface area (Å²) in [4.78, 5) is 22.8. The number of hydrogen-bond donors (Lipinski definition) is 0. The van der Waals surface area contributed by atoms with Crippen LogP contribution in [0.5, 0.6) is 11.5 Å². The first-order chi connectivity index (χ1) is 8.21. The van der Waals surface area contributed by atoms with Crippen LogP contribution in [0.1, 0.15) is 22.3 Å². The summed E-state index contributed by atoms with van der Waals surface area (Å²) in [6, 6.07) is 3.47. The van der Waals surface area contributed by atoms with Crippen LogP contribution in [0, 0.1) is 5.92 Å². The van der Waals surface area contributed by atoms with Crippen LogP contribution in [0.2, 0.25) is 0 Å². The largest absolute Gasteiger partial charge is 0.493 e. The number of ether oxygens (including phenoxy) is 2. The van der Waals surface area contributed by atoms with Gasteiger partial charge in [-0.25, -0.2) is 0 Å². The van der Waals surface area contributed by atoms with Crippen molar-refractivity contribution >= 4 is 12.1 Å². The summed E-state index contributed by atoms with van der Waals surface area (Å²) < 4.78 is 10.3. The number of rotatable bonds is 3. The van der Waals surface area contributed by atoms with Crippen LogP contribution < -0.4 is 9.47 Å². The van der Waals surface area contributed by atoms with Gasteiger partial charge in [-0.2, -0.15) is 0 Å². The van der Waals surface area contributed by atoms with E-state index in [1.54, 1.807) is 13.2 Å². The molecule has 1 aliphatic carbocycles. The molecule has 17 heavy (non-hydrogen) atoms. The van der Waals surface area contributed by atoms with Crippen LogP contribution in [0.25, 0.3) is 0 Å². The van der Waals surface area contributed by atoms with Crippen LogP contribution >= 0.6 is 0 Å². The van der Waals surface area contributed by atoms with Gasteiger partial charge in [0.15, 0.2) is 17.3 Å². The van der Waals surface area contributed by atoms with Crippen molar-refractivity contribution in [3.8, 4) is 11.5 Å². The molecule has 1 atom stereocenters. The molecule has 0 saturated heterocycles. The van der Waals surface area contributed by atoms with Crippen molar-refractivity contribution in [2.75, 3.05) is 14.2 Å². The zero-order valence-electron chi connectivity index (χ0n) is 9.86. The third-order valence-electron chi connectivity index (χ3n) is 3.10. The lowest BCUT2D eigenvalue weighted by Crippen LogP contribution is -2.23. The SMILES string of the molecule is COc1cc2c(cc1OC)C(=O)C(C=O)CC2. The standard InChI is InChI=1S/C13H14O4/c1-16-11-5-8-3-4-9(7-14)13(15)10(8)6-12(11)17-2/h5-7,9H,3-4H2,1-2H3. The highest BCUT2D eigenvalue weighted by atomic mass is 16.5. The van der Waals surface area contributed by atoms with Gasteiger partial charge < -0.3 is 14.3 Å². The second-order valence-electron chi connectivity index (χ2n) is 4.01. The van der Waals surface area contributed by atoms with Crippen molar-refractivity contribution in [3.05, 3.63) is 23.3 Å². The van der Waals surface area contributed by atoms with Crippen molar-refractivity contribution in [3.63, 3.8) is 0 Å². The number of aldehydes is 1. The fourth-order valence-electron chi connectivity index (χ4n) is 2.13. The molecule has 1 aromatic carbocycles. The van der Waals surface area contributed by atoms with Gasteiger partial charge in [-0.15, -0.1) is 0 Å². The Morgan fingerprint density at radius 3 is 2.47 bits per heavy atom. The summed E-state index contributed by atoms with van der Waals surface area (Å²) in [5.41, 5.74) is 1.50. The second-order valence-corrected chi connectivity index (χ2v) is 4.01. The lowest BCUT2D eigenvalue weighted by atomic mass is 9.83. The number of ketones is 1. The molecular formula is C13H14O4. The molecule has 4 heteroatoms. The van der Waals surface area contributed by atoms with E-state index in [4.69, 9.17) is 9.47 Å². The number of methoxy groups -OCH3 is 2. The van der Waals surface area contributed by atoms with Gasteiger partial charge in [0, 0.05) is 5.56 Å². The molecule has 0 bridgehead atoms. The highest BCUT2D eigenvalue weighted by molar-refractivity contribution is 6.07. The minimum absolute atomic E-state index is 0.123. The Labute approximate surface area is 99.5 Å². The zero-order chi connectivity index (χ0) is 12.4. The van der Waals surface area contributed by atoms with E-state index < -0.39 is 5.92 Å². The average Bonchev–Trinajstić information content (AvgIpc) is 2.38. The molecule has 1 aliphatic rings. The van der Waals surface area contributed by atoms with E-state index in [1.165, 1.54) is 7.11 Å². The van der Waals surface area contributed by atoms with E-state index in [-0.39, 0.29) is 5.78 Å². The molecule has 1 aromatic rings. The van der Waals surface area contributed by atoms with Crippen LogP contribution in [-0.2, 0) is 11.2 Å². The number of carbonyl (C=O) groups excluding carboxylic acids is 2. The molecule has 4 nitrogen and oxygen atoms in total. The second kappa shape index (κ2) is 4.57. The summed E-state index contributed by atoms with van der Waals surface area (Å²) in [6.07, 6.45) is 2.01. The van der Waals surface area contributed by atoms with Gasteiger partial charge in [-0.05, 0) is 30.5 Å². The van der Waals surface area contributed by atoms with Crippen LogP contribution in [0.15, 0.2) is 12.1 Å². The maximum absolute atomic E-state index is 12.0. The van der Waals surface area contributed by atoms with E-state index in [0.717, 1.165) is 11.8 Å². The van der Waals surface area contributed by atoms with E-state index in [0.29, 0.717) is 29.9 Å². The number of fused-ring (bicyclic) bond motifs is 1. The van der Waals surface area contributed by atoms with Gasteiger partial charge in [-0.3, -0.25) is 4.79 Å². The molecule has 0 N–H and O–H groups in total. The topological polar surface area (TPSA) is 52.6 Å². The molecule has 0 heterocycles. The summed E-state index contributed by atoms with van der Waals surface area (Å²) in [6.45, 7) is 0. The number of hydrogen-bond acceptors (Lipinski definition) is 4. The average molecular weight is 234 g/mol. The Balaban J connectivity index is 2.50. The molecule has 0 saturated carbocycles. The maximum atomic E-state index is 12.0. The van der Waals surface area contributed by atoms with Crippen molar-refractivity contribution in [1.29, 1.82) is 0 Å². The van der Waals surface area contributed by atoms with Gasteiger partial charge in [0.2, 0.25) is 0 Å². The Morgan fingerprint density at radius 2 is 1.88 bits per heavy atom. The van der Waals surface area contributed by atoms with Crippen LogP contribution in [0.3, 0.4) is 0 Å². The molecule has 90 valence electrons. The number of aryl methyl sites for hydroxylation is 1. The predicted octanol–water partition coefficient (Wildman–Crippen LogP) is 1.65. The van der Waals surface area contributed by atoms with Gasteiger partial charge in [0.1, 0.15) is 6.29 Å². The number of Topliss-reactive ketones (excluding diaryl/α,β-unsaturated/α-hetero) is 1. The predicted molar refractivity (Wildman–Crippen MR) is 61.8 cm³/mol. The fourth-order valence-corrected chi connectivity index (χ4v) is 2.13. The van der Waals surface area contributed by atoms with Crippen molar-refractivity contribution < 1.29 is 19.1 Å². The highest BCUT2D eigenvalue weighted by Crippen LogP contribution is 2.35. The van der Waals surface area contributed by atoms with E-state index in [9.17, 15) is 9.59 Å². The van der Waals surface area contributed by atoms with Gasteiger partial charge in [0.25, 0.3) is 0 Å². The molecule has 0 spiro atoms. The zero-order valence-corrected chi connectivity index (χ0v) is 9.86. The monoisotopic (exact) mass is 234 g/mol. The van der Waals surface area contributed by atoms with Crippen molar-refractivity contribution in [2.45, 2.75) is 12.8 Å².